The molecule has 0 atom stereocenters. The maximum absolute atomic E-state index is 3.57. The molecule has 0 bridgehead atoms. The predicted molar refractivity (Wildman–Crippen MR) is 130 cm³/mol. The van der Waals surface area contributed by atoms with Crippen molar-refractivity contribution in [3.05, 3.63) is 76.3 Å². The topological polar surface area (TPSA) is 3.24 Å². The van der Waals surface area contributed by atoms with Crippen LogP contribution in [0.4, 0.5) is 17.1 Å². The fourth-order valence-corrected chi connectivity index (χ4v) is 5.01. The van der Waals surface area contributed by atoms with Crippen molar-refractivity contribution in [2.24, 2.45) is 0 Å². The molecule has 4 rings (SSSR count). The van der Waals surface area contributed by atoms with Crippen LogP contribution in [0.15, 0.2) is 74.9 Å². The third kappa shape index (κ3) is 4.00. The smallest absolute Gasteiger partial charge is 0.0601 e. The molecule has 0 unspecified atom stereocenters. The van der Waals surface area contributed by atoms with Gasteiger partial charge >= 0.3 is 0 Å². The Morgan fingerprint density at radius 3 is 1.52 bits per heavy atom. The molecule has 0 fully saturated rings. The first-order valence-corrected chi connectivity index (χ1v) is 11.7. The molecule has 0 radical (unpaired) electrons. The maximum Gasteiger partial charge on any atom is 0.0601 e. The standard InChI is InChI=1S/C26H28BrNS/c1-25(2,3)17-7-13-21-23(15-17)29-24-16-18(26(4,5)6)8-14-22(24)28(21)20-11-9-19(27)10-12-20/h7-16H,1-6H3. The summed E-state index contributed by atoms with van der Waals surface area (Å²) in [5.74, 6) is 0. The van der Waals surface area contributed by atoms with Gasteiger partial charge in [0.25, 0.3) is 0 Å². The predicted octanol–water partition coefficient (Wildman–Crippen LogP) is 8.98. The number of hydrogen-bond acceptors (Lipinski definition) is 2. The van der Waals surface area contributed by atoms with E-state index in [9.17, 15) is 0 Å². The van der Waals surface area contributed by atoms with Crippen molar-refractivity contribution in [1.82, 2.24) is 0 Å². The van der Waals surface area contributed by atoms with Crippen LogP contribution in [0.1, 0.15) is 52.7 Å². The maximum atomic E-state index is 3.57. The lowest BCUT2D eigenvalue weighted by atomic mass is 9.86. The fourth-order valence-electron chi connectivity index (χ4n) is 3.61. The third-order valence-electron chi connectivity index (χ3n) is 5.44. The van der Waals surface area contributed by atoms with E-state index < -0.39 is 0 Å². The normalized spacial score (nSPS) is 13.8. The third-order valence-corrected chi connectivity index (χ3v) is 7.06. The molecule has 3 aromatic carbocycles. The Kier molecular flexibility index (Phi) is 5.11. The fraction of sp³-hybridized carbons (Fsp3) is 0.308. The number of hydrogen-bond donors (Lipinski definition) is 0. The lowest BCUT2D eigenvalue weighted by molar-refractivity contribution is 0.588. The van der Waals surface area contributed by atoms with Gasteiger partial charge in [0.15, 0.2) is 0 Å². The number of halogens is 1. The Labute approximate surface area is 187 Å². The van der Waals surface area contributed by atoms with Crippen molar-refractivity contribution in [3.63, 3.8) is 0 Å². The zero-order valence-electron chi connectivity index (χ0n) is 18.0. The first-order valence-electron chi connectivity index (χ1n) is 10.1. The van der Waals surface area contributed by atoms with E-state index in [1.54, 1.807) is 0 Å². The van der Waals surface area contributed by atoms with E-state index >= 15 is 0 Å². The van der Waals surface area contributed by atoms with E-state index in [1.807, 2.05) is 11.8 Å². The second-order valence-corrected chi connectivity index (χ2v) is 11.8. The van der Waals surface area contributed by atoms with Crippen LogP contribution in [-0.4, -0.2) is 0 Å². The van der Waals surface area contributed by atoms with Gasteiger partial charge in [0.2, 0.25) is 0 Å². The summed E-state index contributed by atoms with van der Waals surface area (Å²) in [5, 5.41) is 0. The van der Waals surface area contributed by atoms with Gasteiger partial charge in [-0.25, -0.2) is 0 Å². The Morgan fingerprint density at radius 1 is 0.655 bits per heavy atom. The highest BCUT2D eigenvalue weighted by atomic mass is 79.9. The summed E-state index contributed by atoms with van der Waals surface area (Å²) in [6, 6.07) is 22.5. The summed E-state index contributed by atoms with van der Waals surface area (Å²) in [6.07, 6.45) is 0. The van der Waals surface area contributed by atoms with Gasteiger partial charge in [-0.3, -0.25) is 0 Å². The average Bonchev–Trinajstić information content (AvgIpc) is 2.64. The summed E-state index contributed by atoms with van der Waals surface area (Å²) in [4.78, 5) is 5.03. The van der Waals surface area contributed by atoms with Crippen molar-refractivity contribution in [3.8, 4) is 0 Å². The molecule has 0 aliphatic carbocycles. The Bertz CT molecular complexity index is 992. The first kappa shape index (κ1) is 20.6. The number of nitrogens with zero attached hydrogens (tertiary/aromatic N) is 1. The number of anilines is 3. The molecule has 1 nitrogen and oxygen atoms in total. The van der Waals surface area contributed by atoms with E-state index in [0.29, 0.717) is 0 Å². The van der Waals surface area contributed by atoms with Gasteiger partial charge in [-0.2, -0.15) is 0 Å². The molecule has 1 aliphatic heterocycles. The molecule has 3 aromatic rings. The van der Waals surface area contributed by atoms with Crippen LogP contribution in [0.3, 0.4) is 0 Å². The van der Waals surface area contributed by atoms with Crippen LogP contribution in [0.5, 0.6) is 0 Å². The van der Waals surface area contributed by atoms with E-state index in [2.05, 4.69) is 123 Å². The molecule has 0 N–H and O–H groups in total. The molecule has 1 heterocycles. The lowest BCUT2D eigenvalue weighted by Crippen LogP contribution is -2.18. The van der Waals surface area contributed by atoms with Gasteiger partial charge in [-0.05, 0) is 70.5 Å². The zero-order chi connectivity index (χ0) is 21.0. The summed E-state index contributed by atoms with van der Waals surface area (Å²) in [6.45, 7) is 13.7. The van der Waals surface area contributed by atoms with Gasteiger partial charge in [0.1, 0.15) is 0 Å². The molecule has 0 spiro atoms. The van der Waals surface area contributed by atoms with Gasteiger partial charge in [0, 0.05) is 20.0 Å². The van der Waals surface area contributed by atoms with Gasteiger partial charge in [-0.15, -0.1) is 0 Å². The van der Waals surface area contributed by atoms with Gasteiger partial charge in [0.05, 0.1) is 11.4 Å². The minimum atomic E-state index is 0.131. The minimum Gasteiger partial charge on any atom is -0.308 e. The Morgan fingerprint density at radius 2 is 1.10 bits per heavy atom. The molecule has 3 heteroatoms. The molecule has 150 valence electrons. The lowest BCUT2D eigenvalue weighted by Gasteiger charge is -2.35. The molecule has 0 aromatic heterocycles. The van der Waals surface area contributed by atoms with E-state index in [-0.39, 0.29) is 10.8 Å². The van der Waals surface area contributed by atoms with Crippen molar-refractivity contribution < 1.29 is 0 Å². The van der Waals surface area contributed by atoms with Crippen LogP contribution in [0, 0.1) is 0 Å². The highest BCUT2D eigenvalue weighted by Crippen LogP contribution is 2.53. The monoisotopic (exact) mass is 465 g/mol. The molecule has 1 aliphatic rings. The summed E-state index contributed by atoms with van der Waals surface area (Å²) >= 11 is 5.47. The van der Waals surface area contributed by atoms with Crippen molar-refractivity contribution in [1.29, 1.82) is 0 Å². The van der Waals surface area contributed by atoms with Crippen LogP contribution in [-0.2, 0) is 10.8 Å². The molecular formula is C26H28BrNS. The molecular weight excluding hydrogens is 438 g/mol. The second kappa shape index (κ2) is 7.21. The quantitative estimate of drug-likeness (QED) is 0.275. The summed E-state index contributed by atoms with van der Waals surface area (Å²) in [5.41, 5.74) is 6.69. The summed E-state index contributed by atoms with van der Waals surface area (Å²) < 4.78 is 1.10. The van der Waals surface area contributed by atoms with E-state index in [0.717, 1.165) is 4.47 Å². The highest BCUT2D eigenvalue weighted by molar-refractivity contribution is 9.10. The van der Waals surface area contributed by atoms with Gasteiger partial charge < -0.3 is 4.90 Å². The van der Waals surface area contributed by atoms with E-state index in [1.165, 1.54) is 38.0 Å². The van der Waals surface area contributed by atoms with Crippen LogP contribution in [0.25, 0.3) is 0 Å². The summed E-state index contributed by atoms with van der Waals surface area (Å²) in [7, 11) is 0. The molecule has 0 saturated carbocycles. The van der Waals surface area contributed by atoms with Crippen molar-refractivity contribution in [2.45, 2.75) is 62.2 Å². The number of fused-ring (bicyclic) bond motifs is 2. The van der Waals surface area contributed by atoms with Gasteiger partial charge in [-0.1, -0.05) is 81.4 Å². The SMILES string of the molecule is CC(C)(C)c1ccc2c(c1)Sc1cc(C(C)(C)C)ccc1N2c1ccc(Br)cc1. The largest absolute Gasteiger partial charge is 0.308 e. The second-order valence-electron chi connectivity index (χ2n) is 9.78. The van der Waals surface area contributed by atoms with Crippen molar-refractivity contribution in [2.75, 3.05) is 4.90 Å². The first-order chi connectivity index (χ1) is 13.5. The Hall–Kier alpha value is -1.71. The average molecular weight is 466 g/mol. The minimum absolute atomic E-state index is 0.131. The molecule has 29 heavy (non-hydrogen) atoms. The highest BCUT2D eigenvalue weighted by Gasteiger charge is 2.28. The Balaban J connectivity index is 1.92. The molecule has 0 saturated heterocycles. The van der Waals surface area contributed by atoms with Crippen LogP contribution in [0.2, 0.25) is 0 Å². The van der Waals surface area contributed by atoms with Crippen LogP contribution >= 0.6 is 27.7 Å². The zero-order valence-corrected chi connectivity index (χ0v) is 20.4. The molecule has 0 amide bonds. The van der Waals surface area contributed by atoms with E-state index in [4.69, 9.17) is 0 Å². The number of rotatable bonds is 1. The van der Waals surface area contributed by atoms with Crippen molar-refractivity contribution >= 4 is 44.8 Å². The number of benzene rings is 3. The van der Waals surface area contributed by atoms with Crippen LogP contribution < -0.4 is 4.90 Å².